The van der Waals surface area contributed by atoms with E-state index in [1.807, 2.05) is 0 Å². The molecule has 11 heteroatoms. The zero-order valence-electron chi connectivity index (χ0n) is 12.7. The van der Waals surface area contributed by atoms with Crippen molar-refractivity contribution in [3.05, 3.63) is 34.7 Å². The van der Waals surface area contributed by atoms with Gasteiger partial charge in [-0.25, -0.2) is 10.5 Å². The number of amides is 2. The van der Waals surface area contributed by atoms with Crippen molar-refractivity contribution < 1.29 is 23.2 Å². The lowest BCUT2D eigenvalue weighted by atomic mass is 10.2. The van der Waals surface area contributed by atoms with Gasteiger partial charge in [-0.05, 0) is 31.2 Å². The first-order chi connectivity index (χ1) is 11.2. The SMILES string of the molecule is CC(=O)Nc1nc(S(=O)(=O)Nc2ccc(C(=O)NO)cc2)c(C)s1. The Morgan fingerprint density at radius 2 is 1.83 bits per heavy atom. The number of nitrogens with one attached hydrogen (secondary N) is 3. The fourth-order valence-corrected chi connectivity index (χ4v) is 4.19. The van der Waals surface area contributed by atoms with Crippen molar-refractivity contribution in [1.82, 2.24) is 10.5 Å². The van der Waals surface area contributed by atoms with Crippen LogP contribution in [-0.4, -0.2) is 30.4 Å². The average Bonchev–Trinajstić information content (AvgIpc) is 2.87. The molecule has 0 radical (unpaired) electrons. The van der Waals surface area contributed by atoms with Crippen molar-refractivity contribution in [2.45, 2.75) is 18.9 Å². The number of hydrogen-bond acceptors (Lipinski definition) is 7. The Balaban J connectivity index is 2.23. The van der Waals surface area contributed by atoms with Crippen molar-refractivity contribution >= 4 is 44.0 Å². The first kappa shape index (κ1) is 17.8. The van der Waals surface area contributed by atoms with Gasteiger partial charge in [0.25, 0.3) is 15.9 Å². The number of aromatic nitrogens is 1. The number of nitrogens with zero attached hydrogens (tertiary/aromatic N) is 1. The molecule has 9 nitrogen and oxygen atoms in total. The number of sulfonamides is 1. The summed E-state index contributed by atoms with van der Waals surface area (Å²) in [7, 11) is -3.95. The topological polar surface area (TPSA) is 137 Å². The van der Waals surface area contributed by atoms with Gasteiger partial charge in [-0.3, -0.25) is 19.5 Å². The molecule has 0 unspecified atom stereocenters. The second kappa shape index (κ2) is 6.95. The second-order valence-electron chi connectivity index (χ2n) is 4.69. The molecule has 0 saturated carbocycles. The van der Waals surface area contributed by atoms with Crippen LogP contribution in [0.1, 0.15) is 22.2 Å². The fraction of sp³-hybridized carbons (Fsp3) is 0.154. The van der Waals surface area contributed by atoms with E-state index in [4.69, 9.17) is 5.21 Å². The monoisotopic (exact) mass is 370 g/mol. The van der Waals surface area contributed by atoms with Crippen LogP contribution in [0.15, 0.2) is 29.3 Å². The van der Waals surface area contributed by atoms with Crippen LogP contribution >= 0.6 is 11.3 Å². The van der Waals surface area contributed by atoms with Gasteiger partial charge in [-0.2, -0.15) is 8.42 Å². The first-order valence-electron chi connectivity index (χ1n) is 6.55. The Morgan fingerprint density at radius 3 is 2.38 bits per heavy atom. The normalized spacial score (nSPS) is 11.0. The number of benzene rings is 1. The van der Waals surface area contributed by atoms with Gasteiger partial charge >= 0.3 is 0 Å². The van der Waals surface area contributed by atoms with Crippen LogP contribution in [0, 0.1) is 6.92 Å². The highest BCUT2D eigenvalue weighted by Crippen LogP contribution is 2.27. The predicted octanol–water partition coefficient (Wildman–Crippen LogP) is 1.33. The smallest absolute Gasteiger partial charge is 0.280 e. The fourth-order valence-electron chi connectivity index (χ4n) is 1.79. The van der Waals surface area contributed by atoms with E-state index < -0.39 is 15.9 Å². The van der Waals surface area contributed by atoms with Gasteiger partial charge in [-0.1, -0.05) is 0 Å². The minimum atomic E-state index is -3.95. The number of aryl methyl sites for hydroxylation is 1. The van der Waals surface area contributed by atoms with Gasteiger partial charge < -0.3 is 5.32 Å². The number of carbonyl (C=O) groups is 2. The van der Waals surface area contributed by atoms with Crippen molar-refractivity contribution in [3.8, 4) is 0 Å². The van der Waals surface area contributed by atoms with Gasteiger partial charge in [0.05, 0.1) is 0 Å². The molecule has 1 aromatic carbocycles. The minimum absolute atomic E-state index is 0.165. The third-order valence-electron chi connectivity index (χ3n) is 2.79. The molecule has 24 heavy (non-hydrogen) atoms. The number of carbonyl (C=O) groups excluding carboxylic acids is 2. The van der Waals surface area contributed by atoms with E-state index in [2.05, 4.69) is 15.0 Å². The highest BCUT2D eigenvalue weighted by Gasteiger charge is 2.22. The van der Waals surface area contributed by atoms with Crippen molar-refractivity contribution in [2.75, 3.05) is 10.0 Å². The third-order valence-corrected chi connectivity index (χ3v) is 5.22. The lowest BCUT2D eigenvalue weighted by Crippen LogP contribution is -2.18. The summed E-state index contributed by atoms with van der Waals surface area (Å²) in [6.07, 6.45) is 0. The molecule has 2 aromatic rings. The zero-order chi connectivity index (χ0) is 17.9. The van der Waals surface area contributed by atoms with E-state index in [0.717, 1.165) is 11.3 Å². The largest absolute Gasteiger partial charge is 0.302 e. The summed E-state index contributed by atoms with van der Waals surface area (Å²) in [4.78, 5) is 26.6. The van der Waals surface area contributed by atoms with Gasteiger partial charge in [0.15, 0.2) is 10.2 Å². The molecule has 2 amide bonds. The van der Waals surface area contributed by atoms with E-state index >= 15 is 0 Å². The van der Waals surface area contributed by atoms with E-state index in [-0.39, 0.29) is 27.3 Å². The van der Waals surface area contributed by atoms with Crippen LogP contribution in [0.25, 0.3) is 0 Å². The highest BCUT2D eigenvalue weighted by molar-refractivity contribution is 7.92. The maximum absolute atomic E-state index is 12.4. The molecule has 4 N–H and O–H groups in total. The van der Waals surface area contributed by atoms with Gasteiger partial charge in [0.1, 0.15) is 0 Å². The molecule has 0 saturated heterocycles. The van der Waals surface area contributed by atoms with Crippen LogP contribution in [0.4, 0.5) is 10.8 Å². The standard InChI is InChI=1S/C13H14N4O5S2/c1-7-12(15-13(23-7)14-8(2)18)24(21,22)17-10-5-3-9(4-6-10)11(19)16-20/h3-6,17,20H,1-2H3,(H,16,19)(H,14,15,18). The number of hydroxylamine groups is 1. The molecule has 0 bridgehead atoms. The van der Waals surface area contributed by atoms with Crippen LogP contribution in [0.3, 0.4) is 0 Å². The Bertz CT molecular complexity index is 874. The lowest BCUT2D eigenvalue weighted by Gasteiger charge is -2.07. The molecule has 0 aliphatic rings. The summed E-state index contributed by atoms with van der Waals surface area (Å²) < 4.78 is 27.1. The minimum Gasteiger partial charge on any atom is -0.302 e. The Hall–Kier alpha value is -2.50. The number of anilines is 2. The molecule has 0 fully saturated rings. The molecular weight excluding hydrogens is 356 g/mol. The maximum atomic E-state index is 12.4. The maximum Gasteiger partial charge on any atom is 0.280 e. The number of rotatable bonds is 5. The summed E-state index contributed by atoms with van der Waals surface area (Å²) in [6.45, 7) is 2.87. The molecule has 0 aliphatic carbocycles. The Kier molecular flexibility index (Phi) is 5.17. The van der Waals surface area contributed by atoms with Crippen molar-refractivity contribution in [3.63, 3.8) is 0 Å². The van der Waals surface area contributed by atoms with Gasteiger partial charge in [0.2, 0.25) is 5.91 Å². The van der Waals surface area contributed by atoms with E-state index in [1.165, 1.54) is 36.7 Å². The molecular formula is C13H14N4O5S2. The zero-order valence-corrected chi connectivity index (χ0v) is 14.3. The summed E-state index contributed by atoms with van der Waals surface area (Å²) >= 11 is 1.05. The highest BCUT2D eigenvalue weighted by atomic mass is 32.2. The molecule has 128 valence electrons. The second-order valence-corrected chi connectivity index (χ2v) is 7.49. The predicted molar refractivity (Wildman–Crippen MR) is 87.7 cm³/mol. The lowest BCUT2D eigenvalue weighted by molar-refractivity contribution is -0.114. The molecule has 2 rings (SSSR count). The molecule has 1 aromatic heterocycles. The van der Waals surface area contributed by atoms with E-state index in [1.54, 1.807) is 6.92 Å². The molecule has 0 spiro atoms. The third kappa shape index (κ3) is 4.07. The number of hydrogen-bond donors (Lipinski definition) is 4. The summed E-state index contributed by atoms with van der Waals surface area (Å²) in [5.41, 5.74) is 1.87. The van der Waals surface area contributed by atoms with Gasteiger partial charge in [0, 0.05) is 23.1 Å². The molecule has 0 aliphatic heterocycles. The Morgan fingerprint density at radius 1 is 1.21 bits per heavy atom. The average molecular weight is 370 g/mol. The van der Waals surface area contributed by atoms with Gasteiger partial charge in [-0.15, -0.1) is 11.3 Å². The summed E-state index contributed by atoms with van der Waals surface area (Å²) in [5, 5.41) is 11.0. The molecule has 0 atom stereocenters. The van der Waals surface area contributed by atoms with Crippen LogP contribution in [0.5, 0.6) is 0 Å². The quantitative estimate of drug-likeness (QED) is 0.463. The van der Waals surface area contributed by atoms with E-state index in [0.29, 0.717) is 4.88 Å². The Labute approximate surface area is 141 Å². The van der Waals surface area contributed by atoms with Crippen LogP contribution < -0.4 is 15.5 Å². The van der Waals surface area contributed by atoms with Crippen LogP contribution in [-0.2, 0) is 14.8 Å². The van der Waals surface area contributed by atoms with Crippen LogP contribution in [0.2, 0.25) is 0 Å². The number of thiazole rings is 1. The first-order valence-corrected chi connectivity index (χ1v) is 8.85. The van der Waals surface area contributed by atoms with Crippen molar-refractivity contribution in [2.24, 2.45) is 0 Å². The molecule has 1 heterocycles. The van der Waals surface area contributed by atoms with E-state index in [9.17, 15) is 18.0 Å². The summed E-state index contributed by atoms with van der Waals surface area (Å²) in [5.74, 6) is -1.06. The summed E-state index contributed by atoms with van der Waals surface area (Å²) in [6, 6.07) is 5.44. The van der Waals surface area contributed by atoms with Crippen molar-refractivity contribution in [1.29, 1.82) is 0 Å².